The van der Waals surface area contributed by atoms with E-state index in [4.69, 9.17) is 19.9 Å². The summed E-state index contributed by atoms with van der Waals surface area (Å²) in [4.78, 5) is 26.2. The number of allylic oxidation sites excluding steroid dienone is 4. The zero-order valence-corrected chi connectivity index (χ0v) is 22.9. The Hall–Kier alpha value is -4.25. The highest BCUT2D eigenvalue weighted by atomic mass is 16.5. The smallest absolute Gasteiger partial charge is 0.252 e. The highest BCUT2D eigenvalue weighted by Crippen LogP contribution is 2.46. The Kier molecular flexibility index (Phi) is 8.60. The van der Waals surface area contributed by atoms with Gasteiger partial charge >= 0.3 is 0 Å². The lowest BCUT2D eigenvalue weighted by Crippen LogP contribution is -2.34. The van der Waals surface area contributed by atoms with E-state index in [0.717, 1.165) is 30.5 Å². The number of nitriles is 1. The largest absolute Gasteiger partial charge is 0.497 e. The fraction of sp³-hybridized carbons (Fsp3) is 0.387. The third kappa shape index (κ3) is 5.78. The Morgan fingerprint density at radius 1 is 1.18 bits per heavy atom. The number of ether oxygens (including phenoxy) is 3. The minimum absolute atomic E-state index is 0.0180. The molecule has 0 bridgehead atoms. The highest BCUT2D eigenvalue weighted by Gasteiger charge is 2.39. The Morgan fingerprint density at radius 2 is 1.97 bits per heavy atom. The van der Waals surface area contributed by atoms with Crippen LogP contribution < -0.4 is 25.3 Å². The average molecular weight is 530 g/mol. The number of methoxy groups -OCH3 is 1. The summed E-state index contributed by atoms with van der Waals surface area (Å²) in [5.41, 5.74) is 9.94. The van der Waals surface area contributed by atoms with Gasteiger partial charge in [0.15, 0.2) is 17.3 Å². The van der Waals surface area contributed by atoms with E-state index in [-0.39, 0.29) is 29.6 Å². The van der Waals surface area contributed by atoms with Crippen molar-refractivity contribution in [3.05, 3.63) is 75.6 Å². The summed E-state index contributed by atoms with van der Waals surface area (Å²) >= 11 is 0. The maximum atomic E-state index is 13.5. The van der Waals surface area contributed by atoms with Crippen LogP contribution >= 0.6 is 0 Å². The maximum Gasteiger partial charge on any atom is 0.252 e. The quantitative estimate of drug-likeness (QED) is 0.429. The van der Waals surface area contributed by atoms with E-state index in [9.17, 15) is 14.9 Å². The van der Waals surface area contributed by atoms with Gasteiger partial charge in [-0.25, -0.2) is 0 Å². The number of nitrogens with one attached hydrogen (secondary N) is 1. The molecule has 2 aromatic carbocycles. The molecule has 2 aliphatic rings. The zero-order valence-electron chi connectivity index (χ0n) is 22.9. The van der Waals surface area contributed by atoms with Crippen LogP contribution in [-0.4, -0.2) is 25.4 Å². The van der Waals surface area contributed by atoms with Crippen LogP contribution in [0.1, 0.15) is 73.9 Å². The number of amides is 1. The van der Waals surface area contributed by atoms with Gasteiger partial charge in [-0.15, -0.1) is 0 Å². The van der Waals surface area contributed by atoms with Crippen LogP contribution in [0.3, 0.4) is 0 Å². The van der Waals surface area contributed by atoms with E-state index in [1.54, 1.807) is 19.2 Å². The predicted octanol–water partition coefficient (Wildman–Crippen LogP) is 5.29. The molecule has 1 heterocycles. The SMILES string of the molecule is CCCC1CC(=O)C2=C(C1)NC(C)=C(C#N)C2c1cc(OCC)c(OCc2cccc(OC)c2)c(C(N)=O)c1. The number of primary amides is 1. The molecule has 1 aliphatic carbocycles. The van der Waals surface area contributed by atoms with Crippen LogP contribution in [0.25, 0.3) is 0 Å². The van der Waals surface area contributed by atoms with Gasteiger partial charge in [0.1, 0.15) is 12.4 Å². The highest BCUT2D eigenvalue weighted by molar-refractivity contribution is 6.01. The van der Waals surface area contributed by atoms with Gasteiger partial charge in [0, 0.05) is 23.4 Å². The summed E-state index contributed by atoms with van der Waals surface area (Å²) < 4.78 is 17.3. The molecular weight excluding hydrogens is 494 g/mol. The topological polar surface area (TPSA) is 124 Å². The molecule has 8 nitrogen and oxygen atoms in total. The Bertz CT molecular complexity index is 1390. The number of hydrogen-bond donors (Lipinski definition) is 2. The van der Waals surface area contributed by atoms with E-state index in [0.29, 0.717) is 46.9 Å². The summed E-state index contributed by atoms with van der Waals surface area (Å²) in [5.74, 6) is 0.185. The van der Waals surface area contributed by atoms with Gasteiger partial charge in [0.25, 0.3) is 5.91 Å². The second-order valence-electron chi connectivity index (χ2n) is 9.92. The van der Waals surface area contributed by atoms with Crippen molar-refractivity contribution in [2.75, 3.05) is 13.7 Å². The monoisotopic (exact) mass is 529 g/mol. The Balaban J connectivity index is 1.81. The maximum absolute atomic E-state index is 13.5. The molecule has 0 saturated carbocycles. The van der Waals surface area contributed by atoms with Gasteiger partial charge < -0.3 is 25.3 Å². The molecule has 0 spiro atoms. The first kappa shape index (κ1) is 27.8. The van der Waals surface area contributed by atoms with Gasteiger partial charge in [-0.3, -0.25) is 9.59 Å². The number of nitrogens with zero attached hydrogens (tertiary/aromatic N) is 1. The number of benzene rings is 2. The summed E-state index contributed by atoms with van der Waals surface area (Å²) in [6.07, 6.45) is 3.14. The van der Waals surface area contributed by atoms with E-state index in [2.05, 4.69) is 18.3 Å². The van der Waals surface area contributed by atoms with Gasteiger partial charge in [0.05, 0.1) is 36.8 Å². The lowest BCUT2D eigenvalue weighted by molar-refractivity contribution is -0.117. The molecule has 0 saturated heterocycles. The number of dihydropyridines is 1. The second-order valence-corrected chi connectivity index (χ2v) is 9.92. The zero-order chi connectivity index (χ0) is 28.1. The van der Waals surface area contributed by atoms with Crippen LogP contribution in [0.15, 0.2) is 58.9 Å². The van der Waals surface area contributed by atoms with Crippen molar-refractivity contribution in [2.45, 2.75) is 59.0 Å². The minimum Gasteiger partial charge on any atom is -0.497 e. The number of carbonyl (C=O) groups is 2. The number of ketones is 1. The Labute approximate surface area is 229 Å². The van der Waals surface area contributed by atoms with E-state index in [1.807, 2.05) is 38.1 Å². The van der Waals surface area contributed by atoms with Crippen molar-refractivity contribution in [3.63, 3.8) is 0 Å². The first-order valence-electron chi connectivity index (χ1n) is 13.3. The van der Waals surface area contributed by atoms with E-state index >= 15 is 0 Å². The van der Waals surface area contributed by atoms with Crippen molar-refractivity contribution >= 4 is 11.7 Å². The summed E-state index contributed by atoms with van der Waals surface area (Å²) in [6.45, 7) is 6.25. The number of nitrogens with two attached hydrogens (primary N) is 1. The van der Waals surface area contributed by atoms with Gasteiger partial charge in [-0.05, 0) is 68.0 Å². The van der Waals surface area contributed by atoms with Crippen molar-refractivity contribution < 1.29 is 23.8 Å². The number of Topliss-reactive ketones (excluding diaryl/α,β-unsaturated/α-hetero) is 1. The van der Waals surface area contributed by atoms with E-state index < -0.39 is 11.8 Å². The molecule has 8 heteroatoms. The normalized spacial score (nSPS) is 18.7. The van der Waals surface area contributed by atoms with Crippen molar-refractivity contribution in [1.82, 2.24) is 5.32 Å². The molecule has 3 N–H and O–H groups in total. The molecule has 39 heavy (non-hydrogen) atoms. The number of carbonyl (C=O) groups excluding carboxylic acids is 2. The molecule has 0 radical (unpaired) electrons. The molecule has 1 aliphatic heterocycles. The van der Waals surface area contributed by atoms with Crippen LogP contribution in [0.4, 0.5) is 0 Å². The minimum atomic E-state index is -0.696. The van der Waals surface area contributed by atoms with E-state index in [1.165, 1.54) is 0 Å². The summed E-state index contributed by atoms with van der Waals surface area (Å²) in [6, 6.07) is 13.1. The molecule has 0 aromatic heterocycles. The molecule has 4 rings (SSSR count). The molecule has 204 valence electrons. The number of hydrogen-bond acceptors (Lipinski definition) is 7. The van der Waals surface area contributed by atoms with Crippen molar-refractivity contribution in [2.24, 2.45) is 11.7 Å². The van der Waals surface area contributed by atoms with Crippen molar-refractivity contribution in [3.8, 4) is 23.3 Å². The second kappa shape index (κ2) is 12.1. The molecule has 2 aromatic rings. The van der Waals surface area contributed by atoms with Gasteiger partial charge in [-0.2, -0.15) is 5.26 Å². The summed E-state index contributed by atoms with van der Waals surface area (Å²) in [7, 11) is 1.59. The lowest BCUT2D eigenvalue weighted by Gasteiger charge is -2.35. The van der Waals surface area contributed by atoms with Gasteiger partial charge in [0.2, 0.25) is 0 Å². The standard InChI is InChI=1S/C31H35N3O5/c1-5-8-19-12-25-29(26(35)13-19)28(24(16-32)18(3)34-25)21-14-23(31(33)36)30(27(15-21)38-6-2)39-17-20-9-7-10-22(11-20)37-4/h7,9-11,14-15,19,28,34H,5-6,8,12-13,17H2,1-4H3,(H2,33,36). The van der Waals surface area contributed by atoms with Gasteiger partial charge in [-0.1, -0.05) is 25.5 Å². The third-order valence-corrected chi connectivity index (χ3v) is 7.22. The first-order chi connectivity index (χ1) is 18.8. The molecular formula is C31H35N3O5. The van der Waals surface area contributed by atoms with Crippen LogP contribution in [0, 0.1) is 17.2 Å². The Morgan fingerprint density at radius 3 is 2.64 bits per heavy atom. The molecule has 2 unspecified atom stereocenters. The summed E-state index contributed by atoms with van der Waals surface area (Å²) in [5, 5.41) is 13.5. The van der Waals surface area contributed by atoms with Crippen LogP contribution in [0.5, 0.6) is 17.2 Å². The molecule has 0 fully saturated rings. The van der Waals surface area contributed by atoms with Crippen LogP contribution in [0.2, 0.25) is 0 Å². The average Bonchev–Trinajstić information content (AvgIpc) is 2.91. The first-order valence-corrected chi connectivity index (χ1v) is 13.3. The molecule has 1 amide bonds. The fourth-order valence-electron chi connectivity index (χ4n) is 5.52. The lowest BCUT2D eigenvalue weighted by atomic mass is 9.72. The third-order valence-electron chi connectivity index (χ3n) is 7.22. The van der Waals surface area contributed by atoms with Crippen molar-refractivity contribution in [1.29, 1.82) is 5.26 Å². The fourth-order valence-corrected chi connectivity index (χ4v) is 5.52. The predicted molar refractivity (Wildman–Crippen MR) is 147 cm³/mol. The number of rotatable bonds is 10. The molecule has 2 atom stereocenters. The van der Waals surface area contributed by atoms with Crippen LogP contribution in [-0.2, 0) is 11.4 Å².